The second kappa shape index (κ2) is 4.41. The number of amides is 2. The molecule has 2 rings (SSSR count). The summed E-state index contributed by atoms with van der Waals surface area (Å²) in [5.41, 5.74) is 0.753. The Hall–Kier alpha value is -0.740. The predicted molar refractivity (Wildman–Crippen MR) is 64.5 cm³/mol. The number of nitrogens with zero attached hydrogens (tertiary/aromatic N) is 1. The number of rotatable bonds is 1. The molecule has 1 aromatic rings. The molecule has 1 heterocycles. The molecular formula is C10H10BrClN2O. The summed E-state index contributed by atoms with van der Waals surface area (Å²) < 4.78 is 0.917. The monoisotopic (exact) mass is 288 g/mol. The highest BCUT2D eigenvalue weighted by Crippen LogP contribution is 2.29. The van der Waals surface area contributed by atoms with E-state index in [0.717, 1.165) is 23.1 Å². The van der Waals surface area contributed by atoms with Gasteiger partial charge in [-0.3, -0.25) is 4.90 Å². The summed E-state index contributed by atoms with van der Waals surface area (Å²) in [6.07, 6.45) is 0.939. The van der Waals surface area contributed by atoms with Crippen LogP contribution in [-0.4, -0.2) is 19.1 Å². The van der Waals surface area contributed by atoms with Crippen molar-refractivity contribution in [3.8, 4) is 0 Å². The van der Waals surface area contributed by atoms with Gasteiger partial charge in [-0.15, -0.1) is 0 Å². The van der Waals surface area contributed by atoms with E-state index in [9.17, 15) is 4.79 Å². The molecule has 80 valence electrons. The molecule has 0 bridgehead atoms. The van der Waals surface area contributed by atoms with Gasteiger partial charge in [-0.25, -0.2) is 4.79 Å². The van der Waals surface area contributed by atoms with Crippen molar-refractivity contribution in [2.45, 2.75) is 6.42 Å². The first-order valence-corrected chi connectivity index (χ1v) is 5.86. The first-order valence-electron chi connectivity index (χ1n) is 4.69. The van der Waals surface area contributed by atoms with Crippen LogP contribution in [0.3, 0.4) is 0 Å². The molecule has 0 saturated carbocycles. The minimum absolute atomic E-state index is 0.0822. The fourth-order valence-corrected chi connectivity index (χ4v) is 2.12. The zero-order valence-electron chi connectivity index (χ0n) is 7.96. The standard InChI is InChI=1S/C10H10BrClN2O/c11-7-2-3-8(12)9(6-7)14-5-1-4-13-10(14)15/h2-3,6H,1,4-5H2,(H,13,15). The number of hydrogen-bond donors (Lipinski definition) is 1. The van der Waals surface area contributed by atoms with E-state index in [1.165, 1.54) is 0 Å². The average molecular weight is 290 g/mol. The molecule has 0 radical (unpaired) electrons. The molecule has 0 atom stereocenters. The van der Waals surface area contributed by atoms with Crippen LogP contribution in [-0.2, 0) is 0 Å². The number of carbonyl (C=O) groups excluding carboxylic acids is 1. The Bertz CT molecular complexity index is 397. The molecule has 1 saturated heterocycles. The van der Waals surface area contributed by atoms with Crippen LogP contribution in [0.2, 0.25) is 5.02 Å². The Morgan fingerprint density at radius 1 is 1.47 bits per heavy atom. The van der Waals surface area contributed by atoms with E-state index >= 15 is 0 Å². The third kappa shape index (κ3) is 2.26. The number of benzene rings is 1. The number of hydrogen-bond acceptors (Lipinski definition) is 1. The Morgan fingerprint density at radius 3 is 3.00 bits per heavy atom. The van der Waals surface area contributed by atoms with Gasteiger partial charge in [-0.05, 0) is 24.6 Å². The van der Waals surface area contributed by atoms with Crippen LogP contribution in [0.25, 0.3) is 0 Å². The van der Waals surface area contributed by atoms with E-state index in [1.807, 2.05) is 12.1 Å². The van der Waals surface area contributed by atoms with Gasteiger partial charge in [0.2, 0.25) is 0 Å². The van der Waals surface area contributed by atoms with Crippen LogP contribution < -0.4 is 10.2 Å². The third-order valence-electron chi connectivity index (χ3n) is 2.28. The van der Waals surface area contributed by atoms with Crippen molar-refractivity contribution in [2.75, 3.05) is 18.0 Å². The molecule has 2 amide bonds. The molecule has 5 heteroatoms. The lowest BCUT2D eigenvalue weighted by molar-refractivity contribution is 0.243. The number of halogens is 2. The van der Waals surface area contributed by atoms with Gasteiger partial charge in [0, 0.05) is 17.6 Å². The first-order chi connectivity index (χ1) is 7.18. The second-order valence-corrected chi connectivity index (χ2v) is 4.66. The lowest BCUT2D eigenvalue weighted by atomic mass is 10.2. The van der Waals surface area contributed by atoms with Crippen molar-refractivity contribution in [2.24, 2.45) is 0 Å². The molecule has 1 fully saturated rings. The Balaban J connectivity index is 2.34. The molecular weight excluding hydrogens is 279 g/mol. The Morgan fingerprint density at radius 2 is 2.27 bits per heavy atom. The van der Waals surface area contributed by atoms with Gasteiger partial charge in [0.15, 0.2) is 0 Å². The molecule has 1 aromatic carbocycles. The Kier molecular flexibility index (Phi) is 3.17. The van der Waals surface area contributed by atoms with E-state index in [2.05, 4.69) is 21.2 Å². The highest BCUT2D eigenvalue weighted by molar-refractivity contribution is 9.10. The van der Waals surface area contributed by atoms with Crippen LogP contribution >= 0.6 is 27.5 Å². The van der Waals surface area contributed by atoms with Crippen molar-refractivity contribution < 1.29 is 4.79 Å². The number of urea groups is 1. The van der Waals surface area contributed by atoms with E-state index in [-0.39, 0.29) is 6.03 Å². The molecule has 0 spiro atoms. The van der Waals surface area contributed by atoms with E-state index < -0.39 is 0 Å². The van der Waals surface area contributed by atoms with Crippen molar-refractivity contribution in [3.05, 3.63) is 27.7 Å². The first kappa shape index (κ1) is 10.8. The maximum atomic E-state index is 11.6. The van der Waals surface area contributed by atoms with Crippen molar-refractivity contribution in [1.82, 2.24) is 5.32 Å². The number of nitrogens with one attached hydrogen (secondary N) is 1. The number of anilines is 1. The van der Waals surface area contributed by atoms with Gasteiger partial charge in [-0.2, -0.15) is 0 Å². The summed E-state index contributed by atoms with van der Waals surface area (Å²) >= 11 is 9.42. The summed E-state index contributed by atoms with van der Waals surface area (Å²) in [4.78, 5) is 13.3. The summed E-state index contributed by atoms with van der Waals surface area (Å²) in [5.74, 6) is 0. The van der Waals surface area contributed by atoms with Gasteiger partial charge < -0.3 is 5.32 Å². The lowest BCUT2D eigenvalue weighted by Gasteiger charge is -2.28. The molecule has 0 unspecified atom stereocenters. The third-order valence-corrected chi connectivity index (χ3v) is 3.09. The maximum absolute atomic E-state index is 11.6. The largest absolute Gasteiger partial charge is 0.338 e. The minimum Gasteiger partial charge on any atom is -0.338 e. The van der Waals surface area contributed by atoms with Crippen molar-refractivity contribution in [1.29, 1.82) is 0 Å². The van der Waals surface area contributed by atoms with Gasteiger partial charge >= 0.3 is 6.03 Å². The average Bonchev–Trinajstić information content (AvgIpc) is 2.23. The quantitative estimate of drug-likeness (QED) is 0.847. The summed E-state index contributed by atoms with van der Waals surface area (Å²) in [6, 6.07) is 5.41. The molecule has 0 aromatic heterocycles. The van der Waals surface area contributed by atoms with Crippen LogP contribution in [0.15, 0.2) is 22.7 Å². The maximum Gasteiger partial charge on any atom is 0.321 e. The predicted octanol–water partition coefficient (Wildman–Crippen LogP) is 3.02. The SMILES string of the molecule is O=C1NCCCN1c1cc(Br)ccc1Cl. The van der Waals surface area contributed by atoms with E-state index in [4.69, 9.17) is 11.6 Å². The van der Waals surface area contributed by atoms with Crippen LogP contribution in [0, 0.1) is 0 Å². The molecule has 1 aliphatic heterocycles. The zero-order chi connectivity index (χ0) is 10.8. The fourth-order valence-electron chi connectivity index (χ4n) is 1.55. The highest BCUT2D eigenvalue weighted by atomic mass is 79.9. The minimum atomic E-state index is -0.0822. The van der Waals surface area contributed by atoms with Gasteiger partial charge in [-0.1, -0.05) is 27.5 Å². The fraction of sp³-hybridized carbons (Fsp3) is 0.300. The van der Waals surface area contributed by atoms with E-state index in [1.54, 1.807) is 11.0 Å². The molecule has 15 heavy (non-hydrogen) atoms. The topological polar surface area (TPSA) is 32.3 Å². The van der Waals surface area contributed by atoms with Gasteiger partial charge in [0.05, 0.1) is 10.7 Å². The van der Waals surface area contributed by atoms with Crippen molar-refractivity contribution in [3.63, 3.8) is 0 Å². The Labute approximate surface area is 102 Å². The zero-order valence-corrected chi connectivity index (χ0v) is 10.3. The second-order valence-electron chi connectivity index (χ2n) is 3.33. The van der Waals surface area contributed by atoms with Crippen molar-refractivity contribution >= 4 is 39.2 Å². The van der Waals surface area contributed by atoms with Gasteiger partial charge in [0.25, 0.3) is 0 Å². The number of carbonyl (C=O) groups is 1. The molecule has 1 aliphatic rings. The summed E-state index contributed by atoms with van der Waals surface area (Å²) in [6.45, 7) is 1.45. The van der Waals surface area contributed by atoms with Crippen LogP contribution in [0.4, 0.5) is 10.5 Å². The normalized spacial score (nSPS) is 16.4. The van der Waals surface area contributed by atoms with Crippen LogP contribution in [0.5, 0.6) is 0 Å². The summed E-state index contributed by atoms with van der Waals surface area (Å²) in [7, 11) is 0. The molecule has 3 nitrogen and oxygen atoms in total. The highest BCUT2D eigenvalue weighted by Gasteiger charge is 2.21. The van der Waals surface area contributed by atoms with Crippen LogP contribution in [0.1, 0.15) is 6.42 Å². The van der Waals surface area contributed by atoms with Gasteiger partial charge in [0.1, 0.15) is 0 Å². The van der Waals surface area contributed by atoms with E-state index in [0.29, 0.717) is 11.6 Å². The summed E-state index contributed by atoms with van der Waals surface area (Å²) in [5, 5.41) is 3.38. The molecule has 0 aliphatic carbocycles. The lowest BCUT2D eigenvalue weighted by Crippen LogP contribution is -2.46. The smallest absolute Gasteiger partial charge is 0.321 e. The molecule has 1 N–H and O–H groups in total.